The van der Waals surface area contributed by atoms with Crippen molar-refractivity contribution < 1.29 is 8.42 Å². The Morgan fingerprint density at radius 3 is 2.32 bits per heavy atom. The molecule has 1 fully saturated rings. The van der Waals surface area contributed by atoms with Crippen molar-refractivity contribution in [1.82, 2.24) is 10.0 Å². The molecule has 0 aromatic heterocycles. The van der Waals surface area contributed by atoms with Crippen LogP contribution in [0.4, 0.5) is 0 Å². The van der Waals surface area contributed by atoms with E-state index in [4.69, 9.17) is 5.26 Å². The number of sulfonamides is 1. The average Bonchev–Trinajstić information content (AvgIpc) is 2.48. The van der Waals surface area contributed by atoms with Gasteiger partial charge in [-0.3, -0.25) is 0 Å². The fraction of sp³-hybridized carbons (Fsp3) is 0.562. The van der Waals surface area contributed by atoms with Gasteiger partial charge in [0.15, 0.2) is 0 Å². The molecule has 5 nitrogen and oxygen atoms in total. The normalized spacial score (nSPS) is 23.7. The maximum atomic E-state index is 11.5. The Morgan fingerprint density at radius 1 is 1.18 bits per heavy atom. The number of nitrogens with zero attached hydrogens (tertiary/aromatic N) is 1. The molecule has 22 heavy (non-hydrogen) atoms. The Bertz CT molecular complexity index is 634. The Balaban J connectivity index is 2.04. The molecule has 3 unspecified atom stereocenters. The van der Waals surface area contributed by atoms with Gasteiger partial charge in [0, 0.05) is 18.1 Å². The number of rotatable bonds is 5. The average molecular weight is 321 g/mol. The van der Waals surface area contributed by atoms with Crippen LogP contribution in [0.5, 0.6) is 0 Å². The summed E-state index contributed by atoms with van der Waals surface area (Å²) in [7, 11) is -3.19. The molecule has 6 heteroatoms. The predicted molar refractivity (Wildman–Crippen MR) is 86.7 cm³/mol. The second kappa shape index (κ2) is 7.23. The van der Waals surface area contributed by atoms with E-state index < -0.39 is 10.0 Å². The monoisotopic (exact) mass is 321 g/mol. The Kier molecular flexibility index (Phi) is 5.57. The first-order chi connectivity index (χ1) is 10.4. The molecule has 1 saturated carbocycles. The third-order valence-corrected chi connectivity index (χ3v) is 4.87. The summed E-state index contributed by atoms with van der Waals surface area (Å²) >= 11 is 0. The van der Waals surface area contributed by atoms with Gasteiger partial charge in [0.2, 0.25) is 10.0 Å². The highest BCUT2D eigenvalue weighted by molar-refractivity contribution is 7.88. The van der Waals surface area contributed by atoms with Gasteiger partial charge in [-0.25, -0.2) is 13.1 Å². The summed E-state index contributed by atoms with van der Waals surface area (Å²) in [6, 6.07) is 9.80. The molecule has 3 atom stereocenters. The highest BCUT2D eigenvalue weighted by Crippen LogP contribution is 2.23. The van der Waals surface area contributed by atoms with Crippen molar-refractivity contribution in [2.75, 3.05) is 6.26 Å². The summed E-state index contributed by atoms with van der Waals surface area (Å²) in [4.78, 5) is 0. The number of hydrogen-bond acceptors (Lipinski definition) is 4. The second-order valence-electron chi connectivity index (χ2n) is 6.01. The van der Waals surface area contributed by atoms with Gasteiger partial charge in [-0.05, 0) is 37.5 Å². The van der Waals surface area contributed by atoms with Gasteiger partial charge in [-0.2, -0.15) is 5.26 Å². The number of nitrogens with one attached hydrogen (secondary N) is 2. The Hall–Kier alpha value is -1.42. The van der Waals surface area contributed by atoms with Gasteiger partial charge in [0.25, 0.3) is 0 Å². The summed E-state index contributed by atoms with van der Waals surface area (Å²) in [5, 5.41) is 12.4. The lowest BCUT2D eigenvalue weighted by atomic mass is 9.90. The number of hydrogen-bond donors (Lipinski definition) is 2. The quantitative estimate of drug-likeness (QED) is 0.870. The lowest BCUT2D eigenvalue weighted by Crippen LogP contribution is -2.51. The molecule has 0 spiro atoms. The van der Waals surface area contributed by atoms with Crippen LogP contribution in [0.1, 0.15) is 49.8 Å². The fourth-order valence-corrected chi connectivity index (χ4v) is 3.84. The van der Waals surface area contributed by atoms with Crippen LogP contribution < -0.4 is 10.0 Å². The Morgan fingerprint density at radius 2 is 1.77 bits per heavy atom. The van der Waals surface area contributed by atoms with Crippen LogP contribution in [-0.4, -0.2) is 26.8 Å². The number of benzene rings is 1. The predicted octanol–water partition coefficient (Wildman–Crippen LogP) is 2.07. The molecule has 1 aliphatic carbocycles. The van der Waals surface area contributed by atoms with E-state index in [1.807, 2.05) is 12.1 Å². The molecule has 0 radical (unpaired) electrons. The third kappa shape index (κ3) is 4.80. The lowest BCUT2D eigenvalue weighted by Gasteiger charge is -2.34. The second-order valence-corrected chi connectivity index (χ2v) is 7.79. The van der Waals surface area contributed by atoms with Crippen molar-refractivity contribution in [2.45, 2.75) is 50.7 Å². The van der Waals surface area contributed by atoms with E-state index in [2.05, 4.69) is 23.0 Å². The van der Waals surface area contributed by atoms with Crippen molar-refractivity contribution in [3.05, 3.63) is 35.4 Å². The summed E-state index contributed by atoms with van der Waals surface area (Å²) in [6.07, 6.45) is 5.21. The van der Waals surface area contributed by atoms with Gasteiger partial charge < -0.3 is 5.32 Å². The van der Waals surface area contributed by atoms with E-state index >= 15 is 0 Å². The smallest absolute Gasteiger partial charge is 0.209 e. The molecule has 1 aliphatic rings. The van der Waals surface area contributed by atoms with Crippen LogP contribution in [0.2, 0.25) is 0 Å². The van der Waals surface area contributed by atoms with Crippen LogP contribution in [0.25, 0.3) is 0 Å². The van der Waals surface area contributed by atoms with E-state index in [1.54, 1.807) is 12.1 Å². The Labute approximate surface area is 132 Å². The molecule has 2 rings (SSSR count). The summed E-state index contributed by atoms with van der Waals surface area (Å²) in [5.41, 5.74) is 1.74. The fourth-order valence-electron chi connectivity index (χ4n) is 3.01. The van der Waals surface area contributed by atoms with Gasteiger partial charge in [0.1, 0.15) is 0 Å². The maximum Gasteiger partial charge on any atom is 0.209 e. The summed E-state index contributed by atoms with van der Waals surface area (Å²) in [5.74, 6) is 0. The molecule has 0 amide bonds. The van der Waals surface area contributed by atoms with Crippen LogP contribution >= 0.6 is 0 Å². The van der Waals surface area contributed by atoms with E-state index in [1.165, 1.54) is 6.26 Å². The van der Waals surface area contributed by atoms with Crippen molar-refractivity contribution in [1.29, 1.82) is 5.26 Å². The third-order valence-electron chi connectivity index (χ3n) is 4.14. The first-order valence-electron chi connectivity index (χ1n) is 7.62. The van der Waals surface area contributed by atoms with Crippen molar-refractivity contribution in [2.24, 2.45) is 0 Å². The molecule has 0 heterocycles. The molecular formula is C16H23N3O2S. The first-order valence-corrected chi connectivity index (χ1v) is 9.51. The van der Waals surface area contributed by atoms with Gasteiger partial charge in [-0.1, -0.05) is 25.0 Å². The van der Waals surface area contributed by atoms with Crippen LogP contribution in [0, 0.1) is 11.3 Å². The van der Waals surface area contributed by atoms with E-state index in [-0.39, 0.29) is 18.1 Å². The highest BCUT2D eigenvalue weighted by atomic mass is 32.2. The molecular weight excluding hydrogens is 298 g/mol. The van der Waals surface area contributed by atoms with E-state index in [9.17, 15) is 8.42 Å². The molecule has 2 N–H and O–H groups in total. The van der Waals surface area contributed by atoms with Crippen molar-refractivity contribution >= 4 is 10.0 Å². The van der Waals surface area contributed by atoms with Gasteiger partial charge in [0.05, 0.1) is 17.9 Å². The maximum absolute atomic E-state index is 11.5. The molecule has 1 aromatic carbocycles. The van der Waals surface area contributed by atoms with Crippen molar-refractivity contribution in [3.8, 4) is 6.07 Å². The van der Waals surface area contributed by atoms with Crippen molar-refractivity contribution in [3.63, 3.8) is 0 Å². The first kappa shape index (κ1) is 16.9. The molecule has 120 valence electrons. The van der Waals surface area contributed by atoms with Gasteiger partial charge in [-0.15, -0.1) is 0 Å². The summed E-state index contributed by atoms with van der Waals surface area (Å²) < 4.78 is 25.8. The zero-order valence-corrected chi connectivity index (χ0v) is 13.9. The van der Waals surface area contributed by atoms with Crippen LogP contribution in [-0.2, 0) is 10.0 Å². The van der Waals surface area contributed by atoms with Crippen LogP contribution in [0.15, 0.2) is 24.3 Å². The topological polar surface area (TPSA) is 82.0 Å². The van der Waals surface area contributed by atoms with E-state index in [0.717, 1.165) is 31.2 Å². The summed E-state index contributed by atoms with van der Waals surface area (Å²) in [6.45, 7) is 2.06. The highest BCUT2D eigenvalue weighted by Gasteiger charge is 2.28. The molecule has 0 aliphatic heterocycles. The largest absolute Gasteiger partial charge is 0.306 e. The molecule has 0 bridgehead atoms. The van der Waals surface area contributed by atoms with Crippen LogP contribution in [0.3, 0.4) is 0 Å². The standard InChI is InChI=1S/C16H23N3O2S/c1-12(14-9-7-13(11-17)8-10-14)18-15-5-3-4-6-16(15)19-22(2,20)21/h7-10,12,15-16,18-19H,3-6H2,1-2H3. The lowest BCUT2D eigenvalue weighted by molar-refractivity contribution is 0.291. The minimum atomic E-state index is -3.19. The SMILES string of the molecule is CC(NC1CCCCC1NS(C)(=O)=O)c1ccc(C#N)cc1. The minimum Gasteiger partial charge on any atom is -0.306 e. The zero-order valence-electron chi connectivity index (χ0n) is 13.0. The van der Waals surface area contributed by atoms with E-state index in [0.29, 0.717) is 5.56 Å². The molecule has 1 aromatic rings. The minimum absolute atomic E-state index is 0.0513. The zero-order chi connectivity index (χ0) is 16.2. The number of nitriles is 1. The van der Waals surface area contributed by atoms with Gasteiger partial charge >= 0.3 is 0 Å². The molecule has 0 saturated heterocycles.